The Labute approximate surface area is 131 Å². The molecule has 0 N–H and O–H groups in total. The molecule has 0 unspecified atom stereocenters. The summed E-state index contributed by atoms with van der Waals surface area (Å²) in [6.07, 6.45) is 0. The van der Waals surface area contributed by atoms with Gasteiger partial charge < -0.3 is 9.64 Å². The first kappa shape index (κ1) is 14.3. The minimum absolute atomic E-state index is 0.130. The highest BCUT2D eigenvalue weighted by Crippen LogP contribution is 2.39. The molecule has 22 heavy (non-hydrogen) atoms. The minimum Gasteiger partial charge on any atom is -0.465 e. The summed E-state index contributed by atoms with van der Waals surface area (Å²) in [5, 5.41) is 9.36. The molecule has 1 aliphatic heterocycles. The lowest BCUT2D eigenvalue weighted by Crippen LogP contribution is -2.24. The second-order valence-corrected chi connectivity index (χ2v) is 6.08. The molecule has 1 aromatic heterocycles. The molecule has 0 saturated heterocycles. The fraction of sp³-hybridized carbons (Fsp3) is 0.188. The van der Waals surface area contributed by atoms with Crippen LogP contribution in [0.15, 0.2) is 24.3 Å². The smallest absolute Gasteiger partial charge is 0.348 e. The molecule has 0 aliphatic carbocycles. The number of amides is 1. The summed E-state index contributed by atoms with van der Waals surface area (Å²) in [4.78, 5) is 27.2. The number of fused-ring (bicyclic) bond motifs is 3. The molecule has 2 aromatic rings. The second kappa shape index (κ2) is 5.28. The molecule has 1 aliphatic rings. The van der Waals surface area contributed by atoms with Gasteiger partial charge in [-0.1, -0.05) is 6.07 Å². The third-order valence-electron chi connectivity index (χ3n) is 3.61. The average molecular weight is 312 g/mol. The number of nitrogens with zero attached hydrogens (tertiary/aromatic N) is 2. The van der Waals surface area contributed by atoms with Crippen molar-refractivity contribution < 1.29 is 14.3 Å². The van der Waals surface area contributed by atoms with Gasteiger partial charge in [0.25, 0.3) is 5.91 Å². The number of thiophene rings is 1. The highest BCUT2D eigenvalue weighted by molar-refractivity contribution is 7.14. The van der Waals surface area contributed by atoms with E-state index in [4.69, 9.17) is 4.74 Å². The van der Waals surface area contributed by atoms with E-state index in [2.05, 4.69) is 6.07 Å². The number of carbonyl (C=O) groups excluding carboxylic acids is 2. The average Bonchev–Trinajstić information content (AvgIpc) is 2.91. The molecule has 0 radical (unpaired) electrons. The summed E-state index contributed by atoms with van der Waals surface area (Å²) < 4.78 is 4.76. The number of methoxy groups -OCH3 is 1. The molecule has 5 nitrogen and oxygen atoms in total. The zero-order valence-corrected chi connectivity index (χ0v) is 12.9. The van der Waals surface area contributed by atoms with E-state index in [-0.39, 0.29) is 5.91 Å². The van der Waals surface area contributed by atoms with E-state index in [0.717, 1.165) is 10.4 Å². The molecule has 0 atom stereocenters. The van der Waals surface area contributed by atoms with Crippen LogP contribution in [0.5, 0.6) is 0 Å². The van der Waals surface area contributed by atoms with Crippen molar-refractivity contribution in [2.75, 3.05) is 14.2 Å². The normalized spacial score (nSPS) is 13.0. The van der Waals surface area contributed by atoms with Crippen LogP contribution in [0.4, 0.5) is 0 Å². The molecule has 3 rings (SSSR count). The SMILES string of the molecule is COC(=O)c1cc2c(s1)CN(C)C(=O)c1cccc(C#N)c1-2. The van der Waals surface area contributed by atoms with Gasteiger partial charge >= 0.3 is 5.97 Å². The quantitative estimate of drug-likeness (QED) is 0.759. The van der Waals surface area contributed by atoms with Crippen LogP contribution >= 0.6 is 11.3 Å². The first-order chi connectivity index (χ1) is 10.6. The van der Waals surface area contributed by atoms with E-state index in [1.165, 1.54) is 18.4 Å². The molecule has 6 heteroatoms. The van der Waals surface area contributed by atoms with Crippen LogP contribution in [0.1, 0.15) is 30.5 Å². The highest BCUT2D eigenvalue weighted by Gasteiger charge is 2.28. The zero-order chi connectivity index (χ0) is 15.9. The number of rotatable bonds is 1. The second-order valence-electron chi connectivity index (χ2n) is 4.94. The Morgan fingerprint density at radius 2 is 2.18 bits per heavy atom. The van der Waals surface area contributed by atoms with Crippen LogP contribution in [-0.4, -0.2) is 30.9 Å². The Hall–Kier alpha value is -2.65. The van der Waals surface area contributed by atoms with Gasteiger partial charge in [-0.05, 0) is 18.2 Å². The van der Waals surface area contributed by atoms with Crippen LogP contribution in [0, 0.1) is 11.3 Å². The number of benzene rings is 1. The van der Waals surface area contributed by atoms with Gasteiger partial charge in [-0.2, -0.15) is 5.26 Å². The van der Waals surface area contributed by atoms with Crippen molar-refractivity contribution in [3.63, 3.8) is 0 Å². The van der Waals surface area contributed by atoms with Crippen molar-refractivity contribution >= 4 is 23.2 Å². The fourth-order valence-electron chi connectivity index (χ4n) is 2.57. The maximum atomic E-state index is 12.5. The van der Waals surface area contributed by atoms with E-state index in [1.54, 1.807) is 36.2 Å². The van der Waals surface area contributed by atoms with E-state index >= 15 is 0 Å². The van der Waals surface area contributed by atoms with Crippen molar-refractivity contribution in [2.24, 2.45) is 0 Å². The first-order valence-electron chi connectivity index (χ1n) is 6.56. The summed E-state index contributed by atoms with van der Waals surface area (Å²) in [6, 6.07) is 8.92. The lowest BCUT2D eigenvalue weighted by molar-refractivity contribution is 0.0606. The van der Waals surface area contributed by atoms with Crippen LogP contribution in [0.25, 0.3) is 11.1 Å². The number of hydrogen-bond donors (Lipinski definition) is 0. The van der Waals surface area contributed by atoms with E-state index in [0.29, 0.717) is 28.1 Å². The summed E-state index contributed by atoms with van der Waals surface area (Å²) in [5.74, 6) is -0.543. The van der Waals surface area contributed by atoms with E-state index in [1.807, 2.05) is 0 Å². The lowest BCUT2D eigenvalue weighted by Gasteiger charge is -2.14. The van der Waals surface area contributed by atoms with Gasteiger partial charge in [0.1, 0.15) is 4.88 Å². The van der Waals surface area contributed by atoms with Crippen LogP contribution in [0.3, 0.4) is 0 Å². The van der Waals surface area contributed by atoms with Gasteiger partial charge in [0.05, 0.1) is 25.3 Å². The molecule has 2 heterocycles. The Morgan fingerprint density at radius 1 is 1.41 bits per heavy atom. The van der Waals surface area contributed by atoms with Crippen molar-refractivity contribution in [1.29, 1.82) is 5.26 Å². The van der Waals surface area contributed by atoms with Gasteiger partial charge in [0.15, 0.2) is 0 Å². The predicted octanol–water partition coefficient (Wildman–Crippen LogP) is 2.66. The third-order valence-corrected chi connectivity index (χ3v) is 4.71. The van der Waals surface area contributed by atoms with Crippen LogP contribution in [-0.2, 0) is 11.3 Å². The molecular weight excluding hydrogens is 300 g/mol. The fourth-order valence-corrected chi connectivity index (χ4v) is 3.70. The monoisotopic (exact) mass is 312 g/mol. The number of carbonyl (C=O) groups is 2. The van der Waals surface area contributed by atoms with Crippen molar-refractivity contribution in [2.45, 2.75) is 6.54 Å². The Morgan fingerprint density at radius 3 is 2.86 bits per heavy atom. The summed E-state index contributed by atoms with van der Waals surface area (Å²) in [6.45, 7) is 0.398. The molecular formula is C16H12N2O3S. The van der Waals surface area contributed by atoms with E-state index in [9.17, 15) is 14.9 Å². The first-order valence-corrected chi connectivity index (χ1v) is 7.38. The Balaban J connectivity index is 2.32. The summed E-state index contributed by atoms with van der Waals surface area (Å²) >= 11 is 1.29. The molecule has 0 spiro atoms. The molecule has 1 aromatic carbocycles. The zero-order valence-electron chi connectivity index (χ0n) is 12.0. The Kier molecular flexibility index (Phi) is 3.43. The molecule has 110 valence electrons. The van der Waals surface area contributed by atoms with Gasteiger partial charge in [0.2, 0.25) is 0 Å². The number of hydrogen-bond acceptors (Lipinski definition) is 5. The third kappa shape index (κ3) is 2.07. The standard InChI is InChI=1S/C16H12N2O3S/c1-18-8-13-11(6-12(22-13)16(20)21-2)14-9(7-17)4-3-5-10(14)15(18)19/h3-6H,8H2,1-2H3. The summed E-state index contributed by atoms with van der Waals surface area (Å²) in [7, 11) is 3.04. The van der Waals surface area contributed by atoms with Gasteiger partial charge in [-0.25, -0.2) is 4.79 Å². The number of esters is 1. The lowest BCUT2D eigenvalue weighted by atomic mass is 9.95. The maximum Gasteiger partial charge on any atom is 0.348 e. The minimum atomic E-state index is -0.414. The molecule has 0 fully saturated rings. The molecule has 0 saturated carbocycles. The largest absolute Gasteiger partial charge is 0.465 e. The topological polar surface area (TPSA) is 70.4 Å². The number of nitriles is 1. The van der Waals surface area contributed by atoms with Crippen molar-refractivity contribution in [3.8, 4) is 17.2 Å². The van der Waals surface area contributed by atoms with Crippen molar-refractivity contribution in [3.05, 3.63) is 45.1 Å². The summed E-state index contributed by atoms with van der Waals surface area (Å²) in [5.41, 5.74) is 2.27. The van der Waals surface area contributed by atoms with E-state index < -0.39 is 5.97 Å². The highest BCUT2D eigenvalue weighted by atomic mass is 32.1. The molecule has 0 bridgehead atoms. The Bertz CT molecular complexity index is 832. The maximum absolute atomic E-state index is 12.5. The van der Waals surface area contributed by atoms with Gasteiger partial charge in [-0.3, -0.25) is 4.79 Å². The van der Waals surface area contributed by atoms with Gasteiger partial charge in [0, 0.05) is 28.6 Å². The van der Waals surface area contributed by atoms with Crippen molar-refractivity contribution in [1.82, 2.24) is 4.90 Å². The molecule has 1 amide bonds. The predicted molar refractivity (Wildman–Crippen MR) is 81.6 cm³/mol. The van der Waals surface area contributed by atoms with Gasteiger partial charge in [-0.15, -0.1) is 11.3 Å². The number of ether oxygens (including phenoxy) is 1. The van der Waals surface area contributed by atoms with Crippen LogP contribution in [0.2, 0.25) is 0 Å². The van der Waals surface area contributed by atoms with Crippen LogP contribution < -0.4 is 0 Å².